The van der Waals surface area contributed by atoms with Crippen molar-refractivity contribution in [3.63, 3.8) is 0 Å². The minimum Gasteiger partial charge on any atom is -0.383 e. The molecule has 0 atom stereocenters. The average molecular weight is 253 g/mol. The van der Waals surface area contributed by atoms with Gasteiger partial charge in [0.05, 0.1) is 5.02 Å². The Morgan fingerprint density at radius 1 is 1.12 bits per heavy atom. The van der Waals surface area contributed by atoms with Gasteiger partial charge in [-0.05, 0) is 12.1 Å². The lowest BCUT2D eigenvalue weighted by Gasteiger charge is -2.04. The number of hydrogen-bond donors (Lipinski definition) is 2. The Labute approximate surface area is 102 Å². The van der Waals surface area contributed by atoms with Crippen LogP contribution in [0.15, 0.2) is 40.3 Å². The molecular weight excluding hydrogens is 244 g/mol. The Morgan fingerprint density at radius 3 is 2.56 bits per heavy atom. The number of nitrogen functional groups attached to an aromatic ring is 2. The van der Waals surface area contributed by atoms with Crippen molar-refractivity contribution in [2.45, 2.75) is 9.92 Å². The smallest absolute Gasteiger partial charge is 0.223 e. The van der Waals surface area contributed by atoms with Gasteiger partial charge in [-0.2, -0.15) is 4.98 Å². The van der Waals surface area contributed by atoms with Crippen LogP contribution in [0.2, 0.25) is 5.02 Å². The Hall–Kier alpha value is -1.46. The summed E-state index contributed by atoms with van der Waals surface area (Å²) in [6.45, 7) is 0. The van der Waals surface area contributed by atoms with Crippen LogP contribution in [-0.2, 0) is 0 Å². The monoisotopic (exact) mass is 252 g/mol. The summed E-state index contributed by atoms with van der Waals surface area (Å²) in [5.74, 6) is 0.511. The van der Waals surface area contributed by atoms with Crippen LogP contribution in [0.4, 0.5) is 11.8 Å². The highest BCUT2D eigenvalue weighted by atomic mass is 35.5. The molecule has 6 heteroatoms. The number of anilines is 2. The summed E-state index contributed by atoms with van der Waals surface area (Å²) in [5.41, 5.74) is 11.1. The molecule has 0 spiro atoms. The molecule has 1 heterocycles. The van der Waals surface area contributed by atoms with Gasteiger partial charge in [-0.1, -0.05) is 35.5 Å². The van der Waals surface area contributed by atoms with Crippen molar-refractivity contribution < 1.29 is 0 Å². The second-order valence-corrected chi connectivity index (χ2v) is 4.49. The van der Waals surface area contributed by atoms with Gasteiger partial charge in [-0.25, -0.2) is 4.98 Å². The van der Waals surface area contributed by atoms with E-state index < -0.39 is 0 Å². The highest BCUT2D eigenvalue weighted by Gasteiger charge is 2.05. The molecule has 0 aliphatic carbocycles. The third-order valence-corrected chi connectivity index (χ3v) is 3.23. The maximum Gasteiger partial charge on any atom is 0.223 e. The van der Waals surface area contributed by atoms with Crippen LogP contribution in [0.1, 0.15) is 0 Å². The van der Waals surface area contributed by atoms with Crippen LogP contribution in [0, 0.1) is 0 Å². The van der Waals surface area contributed by atoms with Gasteiger partial charge in [0.1, 0.15) is 10.8 Å². The number of nitrogens with zero attached hydrogens (tertiary/aromatic N) is 2. The van der Waals surface area contributed by atoms with E-state index >= 15 is 0 Å². The van der Waals surface area contributed by atoms with E-state index in [1.807, 2.05) is 24.3 Å². The molecule has 1 aromatic carbocycles. The largest absolute Gasteiger partial charge is 0.383 e. The van der Waals surface area contributed by atoms with Crippen molar-refractivity contribution in [2.24, 2.45) is 0 Å². The van der Waals surface area contributed by atoms with E-state index in [-0.39, 0.29) is 5.95 Å². The molecule has 0 radical (unpaired) electrons. The normalized spacial score (nSPS) is 10.3. The van der Waals surface area contributed by atoms with E-state index in [0.29, 0.717) is 15.9 Å². The minimum atomic E-state index is 0.162. The van der Waals surface area contributed by atoms with E-state index in [4.69, 9.17) is 23.1 Å². The SMILES string of the molecule is Nc1cc(Sc2ccccc2Cl)nc(N)n1. The first-order valence-electron chi connectivity index (χ1n) is 4.47. The molecule has 0 fully saturated rings. The molecule has 0 saturated heterocycles. The molecule has 2 aromatic rings. The standard InChI is InChI=1S/C10H9ClN4S/c11-6-3-1-2-4-7(6)16-9-5-8(12)14-10(13)15-9/h1-5H,(H4,12,13,14,15). The lowest BCUT2D eigenvalue weighted by molar-refractivity contribution is 1.07. The van der Waals surface area contributed by atoms with Gasteiger partial charge >= 0.3 is 0 Å². The predicted octanol–water partition coefficient (Wildman–Crippen LogP) is 2.45. The second kappa shape index (κ2) is 4.59. The Balaban J connectivity index is 2.30. The number of halogens is 1. The Bertz CT molecular complexity index is 498. The summed E-state index contributed by atoms with van der Waals surface area (Å²) in [5, 5.41) is 1.35. The molecule has 16 heavy (non-hydrogen) atoms. The van der Waals surface area contributed by atoms with Crippen LogP contribution in [0.5, 0.6) is 0 Å². The van der Waals surface area contributed by atoms with Gasteiger partial charge in [0, 0.05) is 11.0 Å². The Kier molecular flexibility index (Phi) is 3.17. The van der Waals surface area contributed by atoms with Crippen LogP contribution in [0.3, 0.4) is 0 Å². The summed E-state index contributed by atoms with van der Waals surface area (Å²) in [7, 11) is 0. The van der Waals surface area contributed by atoms with Crippen LogP contribution < -0.4 is 11.5 Å². The number of nitrogens with two attached hydrogens (primary N) is 2. The van der Waals surface area contributed by atoms with Crippen molar-refractivity contribution in [1.82, 2.24) is 9.97 Å². The summed E-state index contributed by atoms with van der Waals surface area (Å²) in [6, 6.07) is 9.15. The molecular formula is C10H9ClN4S. The first-order valence-corrected chi connectivity index (χ1v) is 5.67. The predicted molar refractivity (Wildman–Crippen MR) is 66.4 cm³/mol. The fraction of sp³-hybridized carbons (Fsp3) is 0. The highest BCUT2D eigenvalue weighted by molar-refractivity contribution is 7.99. The molecule has 2 rings (SSSR count). The first kappa shape index (κ1) is 11.0. The number of aromatic nitrogens is 2. The zero-order valence-corrected chi connectivity index (χ0v) is 9.79. The van der Waals surface area contributed by atoms with Gasteiger partial charge in [-0.15, -0.1) is 0 Å². The quantitative estimate of drug-likeness (QED) is 0.803. The van der Waals surface area contributed by atoms with Crippen LogP contribution >= 0.6 is 23.4 Å². The second-order valence-electron chi connectivity index (χ2n) is 3.02. The van der Waals surface area contributed by atoms with Crippen molar-refractivity contribution in [2.75, 3.05) is 11.5 Å². The summed E-state index contributed by atoms with van der Waals surface area (Å²) in [6.07, 6.45) is 0. The highest BCUT2D eigenvalue weighted by Crippen LogP contribution is 2.32. The molecule has 0 unspecified atom stereocenters. The van der Waals surface area contributed by atoms with E-state index in [2.05, 4.69) is 9.97 Å². The van der Waals surface area contributed by atoms with E-state index in [9.17, 15) is 0 Å². The first-order chi connectivity index (χ1) is 7.65. The molecule has 82 valence electrons. The molecule has 4 nitrogen and oxygen atoms in total. The van der Waals surface area contributed by atoms with Crippen molar-refractivity contribution in [3.8, 4) is 0 Å². The third kappa shape index (κ3) is 2.56. The fourth-order valence-corrected chi connectivity index (χ4v) is 2.26. The minimum absolute atomic E-state index is 0.162. The molecule has 4 N–H and O–H groups in total. The molecule has 0 aliphatic heterocycles. The van der Waals surface area contributed by atoms with Gasteiger partial charge < -0.3 is 11.5 Å². The van der Waals surface area contributed by atoms with Crippen molar-refractivity contribution in [3.05, 3.63) is 35.4 Å². The lowest BCUT2D eigenvalue weighted by atomic mass is 10.4. The number of hydrogen-bond acceptors (Lipinski definition) is 5. The zero-order valence-electron chi connectivity index (χ0n) is 8.22. The molecule has 0 amide bonds. The molecule has 0 aliphatic rings. The van der Waals surface area contributed by atoms with Crippen LogP contribution in [0.25, 0.3) is 0 Å². The maximum absolute atomic E-state index is 6.03. The van der Waals surface area contributed by atoms with Gasteiger partial charge in [0.25, 0.3) is 0 Å². The zero-order chi connectivity index (χ0) is 11.5. The topological polar surface area (TPSA) is 77.8 Å². The summed E-state index contributed by atoms with van der Waals surface area (Å²) < 4.78 is 0. The van der Waals surface area contributed by atoms with Gasteiger partial charge in [0.2, 0.25) is 5.95 Å². The van der Waals surface area contributed by atoms with E-state index in [0.717, 1.165) is 4.90 Å². The van der Waals surface area contributed by atoms with E-state index in [1.165, 1.54) is 11.8 Å². The molecule has 0 saturated carbocycles. The summed E-state index contributed by atoms with van der Waals surface area (Å²) in [4.78, 5) is 8.76. The van der Waals surface area contributed by atoms with Crippen LogP contribution in [-0.4, -0.2) is 9.97 Å². The number of benzene rings is 1. The average Bonchev–Trinajstić information content (AvgIpc) is 2.20. The van der Waals surface area contributed by atoms with E-state index in [1.54, 1.807) is 6.07 Å². The fourth-order valence-electron chi connectivity index (χ4n) is 1.15. The Morgan fingerprint density at radius 2 is 1.88 bits per heavy atom. The lowest BCUT2D eigenvalue weighted by Crippen LogP contribution is -1.99. The van der Waals surface area contributed by atoms with Crippen molar-refractivity contribution >= 4 is 35.1 Å². The molecule has 0 bridgehead atoms. The number of rotatable bonds is 2. The van der Waals surface area contributed by atoms with Crippen molar-refractivity contribution in [1.29, 1.82) is 0 Å². The maximum atomic E-state index is 6.03. The summed E-state index contributed by atoms with van der Waals surface area (Å²) >= 11 is 7.43. The van der Waals surface area contributed by atoms with Gasteiger partial charge in [-0.3, -0.25) is 0 Å². The van der Waals surface area contributed by atoms with Gasteiger partial charge in [0.15, 0.2) is 0 Å². The third-order valence-electron chi connectivity index (χ3n) is 1.79. The molecule has 1 aromatic heterocycles.